The molecule has 5 nitrogen and oxygen atoms in total. The molecule has 0 bridgehead atoms. The number of halogens is 1. The number of carbonyl (C=O) groups excluding carboxylic acids is 1. The molecular weight excluding hydrogens is 299 g/mol. The summed E-state index contributed by atoms with van der Waals surface area (Å²) in [4.78, 5) is 12.0. The molecule has 2 fully saturated rings. The molecule has 1 aliphatic carbocycles. The number of rotatable bonds is 5. The average Bonchev–Trinajstić information content (AvgIpc) is 3.04. The minimum atomic E-state index is -0.436. The summed E-state index contributed by atoms with van der Waals surface area (Å²) in [6.07, 6.45) is 4.66. The van der Waals surface area contributed by atoms with Crippen molar-refractivity contribution < 1.29 is 18.7 Å². The Kier molecular flexibility index (Phi) is 5.46. The first-order chi connectivity index (χ1) is 11.2. The summed E-state index contributed by atoms with van der Waals surface area (Å²) in [6.45, 7) is 1.95. The van der Waals surface area contributed by atoms with Gasteiger partial charge in [0.15, 0.2) is 11.6 Å². The van der Waals surface area contributed by atoms with E-state index in [0.717, 1.165) is 32.2 Å². The molecule has 1 amide bonds. The van der Waals surface area contributed by atoms with Gasteiger partial charge in [-0.05, 0) is 37.8 Å². The van der Waals surface area contributed by atoms with Gasteiger partial charge in [-0.2, -0.15) is 0 Å². The smallest absolute Gasteiger partial charge is 0.226 e. The van der Waals surface area contributed by atoms with Crippen LogP contribution in [0.15, 0.2) is 18.2 Å². The van der Waals surface area contributed by atoms with Crippen molar-refractivity contribution in [2.75, 3.05) is 25.1 Å². The van der Waals surface area contributed by atoms with Crippen molar-refractivity contribution in [3.8, 4) is 5.75 Å². The van der Waals surface area contributed by atoms with Crippen LogP contribution in [-0.4, -0.2) is 37.8 Å². The van der Waals surface area contributed by atoms with Crippen LogP contribution in [0.3, 0.4) is 0 Å². The Balaban J connectivity index is 1.53. The SMILES string of the molecule is O=C(CC1COCCN1)Nc1ccc(OC2CCCC2)c(F)c1. The number of hydrogen-bond acceptors (Lipinski definition) is 4. The summed E-state index contributed by atoms with van der Waals surface area (Å²) in [7, 11) is 0. The number of amides is 1. The molecule has 0 spiro atoms. The Morgan fingerprint density at radius 1 is 1.39 bits per heavy atom. The summed E-state index contributed by atoms with van der Waals surface area (Å²) in [5, 5.41) is 5.94. The number of anilines is 1. The number of benzene rings is 1. The fourth-order valence-corrected chi connectivity index (χ4v) is 3.05. The molecule has 1 atom stereocenters. The molecule has 1 aromatic rings. The zero-order valence-corrected chi connectivity index (χ0v) is 13.1. The van der Waals surface area contributed by atoms with Crippen LogP contribution in [0.2, 0.25) is 0 Å². The van der Waals surface area contributed by atoms with Gasteiger partial charge in [0.05, 0.1) is 19.3 Å². The van der Waals surface area contributed by atoms with Crippen LogP contribution in [0, 0.1) is 5.82 Å². The van der Waals surface area contributed by atoms with E-state index in [4.69, 9.17) is 9.47 Å². The van der Waals surface area contributed by atoms with Gasteiger partial charge >= 0.3 is 0 Å². The van der Waals surface area contributed by atoms with Gasteiger partial charge < -0.3 is 20.1 Å². The highest BCUT2D eigenvalue weighted by Crippen LogP contribution is 2.27. The molecule has 0 aromatic heterocycles. The molecule has 1 aromatic carbocycles. The lowest BCUT2D eigenvalue weighted by Gasteiger charge is -2.23. The Bertz CT molecular complexity index is 541. The first-order valence-corrected chi connectivity index (χ1v) is 8.28. The number of morpholine rings is 1. The van der Waals surface area contributed by atoms with E-state index >= 15 is 0 Å². The van der Waals surface area contributed by atoms with Gasteiger partial charge in [0.1, 0.15) is 0 Å². The Hall–Kier alpha value is -1.66. The van der Waals surface area contributed by atoms with Gasteiger partial charge in [0, 0.05) is 30.8 Å². The van der Waals surface area contributed by atoms with Crippen LogP contribution in [0.4, 0.5) is 10.1 Å². The molecule has 2 aliphatic rings. The van der Waals surface area contributed by atoms with Gasteiger partial charge in [-0.25, -0.2) is 4.39 Å². The third-order valence-electron chi connectivity index (χ3n) is 4.24. The fourth-order valence-electron chi connectivity index (χ4n) is 3.05. The van der Waals surface area contributed by atoms with E-state index in [9.17, 15) is 9.18 Å². The van der Waals surface area contributed by atoms with Crippen molar-refractivity contribution in [1.29, 1.82) is 0 Å². The summed E-state index contributed by atoms with van der Waals surface area (Å²) in [5.41, 5.74) is 0.447. The van der Waals surface area contributed by atoms with Crippen molar-refractivity contribution >= 4 is 11.6 Å². The lowest BCUT2D eigenvalue weighted by atomic mass is 10.2. The van der Waals surface area contributed by atoms with E-state index < -0.39 is 5.82 Å². The van der Waals surface area contributed by atoms with E-state index in [1.165, 1.54) is 6.07 Å². The molecule has 1 aliphatic heterocycles. The quantitative estimate of drug-likeness (QED) is 0.874. The molecule has 1 saturated carbocycles. The van der Waals surface area contributed by atoms with E-state index in [1.807, 2.05) is 0 Å². The Labute approximate surface area is 135 Å². The van der Waals surface area contributed by atoms with Gasteiger partial charge in [-0.15, -0.1) is 0 Å². The van der Waals surface area contributed by atoms with Crippen LogP contribution in [0.1, 0.15) is 32.1 Å². The second-order valence-corrected chi connectivity index (χ2v) is 6.15. The van der Waals surface area contributed by atoms with Crippen LogP contribution in [0.5, 0.6) is 5.75 Å². The molecule has 1 unspecified atom stereocenters. The predicted molar refractivity (Wildman–Crippen MR) is 85.1 cm³/mol. The minimum Gasteiger partial charge on any atom is -0.487 e. The Morgan fingerprint density at radius 2 is 2.22 bits per heavy atom. The van der Waals surface area contributed by atoms with E-state index in [2.05, 4.69) is 10.6 Å². The maximum Gasteiger partial charge on any atom is 0.226 e. The van der Waals surface area contributed by atoms with Gasteiger partial charge in [0.25, 0.3) is 0 Å². The number of nitrogens with one attached hydrogen (secondary N) is 2. The molecule has 1 heterocycles. The summed E-state index contributed by atoms with van der Waals surface area (Å²) < 4.78 is 25.1. The van der Waals surface area contributed by atoms with Crippen molar-refractivity contribution in [1.82, 2.24) is 5.32 Å². The monoisotopic (exact) mass is 322 g/mol. The average molecular weight is 322 g/mol. The second-order valence-electron chi connectivity index (χ2n) is 6.15. The third kappa shape index (κ3) is 4.65. The zero-order valence-electron chi connectivity index (χ0n) is 13.1. The molecule has 2 N–H and O–H groups in total. The molecule has 126 valence electrons. The normalized spacial score (nSPS) is 22.0. The van der Waals surface area contributed by atoms with Crippen LogP contribution in [-0.2, 0) is 9.53 Å². The van der Waals surface area contributed by atoms with E-state index in [-0.39, 0.29) is 23.8 Å². The van der Waals surface area contributed by atoms with Crippen molar-refractivity contribution in [2.24, 2.45) is 0 Å². The maximum absolute atomic E-state index is 14.1. The molecular formula is C17H23FN2O3. The van der Waals surface area contributed by atoms with Crippen molar-refractivity contribution in [2.45, 2.75) is 44.2 Å². The second kappa shape index (κ2) is 7.75. The standard InChI is InChI=1S/C17H23FN2O3/c18-15-9-12(5-6-16(15)23-14-3-1-2-4-14)20-17(21)10-13-11-22-8-7-19-13/h5-6,9,13-14,19H,1-4,7-8,10-11H2,(H,20,21). The van der Waals surface area contributed by atoms with Gasteiger partial charge in [0.2, 0.25) is 5.91 Å². The van der Waals surface area contributed by atoms with E-state index in [1.54, 1.807) is 12.1 Å². The first-order valence-electron chi connectivity index (χ1n) is 8.28. The largest absolute Gasteiger partial charge is 0.487 e. The highest BCUT2D eigenvalue weighted by Gasteiger charge is 2.19. The Morgan fingerprint density at radius 3 is 2.91 bits per heavy atom. The van der Waals surface area contributed by atoms with Crippen molar-refractivity contribution in [3.05, 3.63) is 24.0 Å². The van der Waals surface area contributed by atoms with Gasteiger partial charge in [-0.1, -0.05) is 0 Å². The number of carbonyl (C=O) groups is 1. The summed E-state index contributed by atoms with van der Waals surface area (Å²) in [6, 6.07) is 4.59. The molecule has 3 rings (SSSR count). The zero-order chi connectivity index (χ0) is 16.1. The molecule has 0 radical (unpaired) electrons. The summed E-state index contributed by atoms with van der Waals surface area (Å²) in [5.74, 6) is -0.331. The first kappa shape index (κ1) is 16.2. The topological polar surface area (TPSA) is 59.6 Å². The molecule has 1 saturated heterocycles. The molecule has 6 heteroatoms. The summed E-state index contributed by atoms with van der Waals surface area (Å²) >= 11 is 0. The van der Waals surface area contributed by atoms with Crippen LogP contribution < -0.4 is 15.4 Å². The molecule has 23 heavy (non-hydrogen) atoms. The van der Waals surface area contributed by atoms with E-state index in [0.29, 0.717) is 25.3 Å². The third-order valence-corrected chi connectivity index (χ3v) is 4.24. The minimum absolute atomic E-state index is 0.0126. The number of ether oxygens (including phenoxy) is 2. The van der Waals surface area contributed by atoms with Gasteiger partial charge in [-0.3, -0.25) is 4.79 Å². The fraction of sp³-hybridized carbons (Fsp3) is 0.588. The number of hydrogen-bond donors (Lipinski definition) is 2. The highest BCUT2D eigenvalue weighted by atomic mass is 19.1. The lowest BCUT2D eigenvalue weighted by Crippen LogP contribution is -2.43. The lowest BCUT2D eigenvalue weighted by molar-refractivity contribution is -0.117. The van der Waals surface area contributed by atoms with Crippen LogP contribution in [0.25, 0.3) is 0 Å². The maximum atomic E-state index is 14.1. The highest BCUT2D eigenvalue weighted by molar-refractivity contribution is 5.91. The van der Waals surface area contributed by atoms with Crippen LogP contribution >= 0.6 is 0 Å². The predicted octanol–water partition coefficient (Wildman–Crippen LogP) is 2.46. The van der Waals surface area contributed by atoms with Crippen molar-refractivity contribution in [3.63, 3.8) is 0 Å².